The molecule has 1 fully saturated rings. The van der Waals surface area contributed by atoms with Gasteiger partial charge in [-0.3, -0.25) is 4.90 Å². The maximum atomic E-state index is 11.7. The summed E-state index contributed by atoms with van der Waals surface area (Å²) < 4.78 is 10.5. The van der Waals surface area contributed by atoms with Gasteiger partial charge >= 0.3 is 6.09 Å². The first-order chi connectivity index (χ1) is 7.83. The molecule has 4 heteroatoms. The molecule has 0 aliphatic carbocycles. The van der Waals surface area contributed by atoms with Gasteiger partial charge in [0.1, 0.15) is 0 Å². The van der Waals surface area contributed by atoms with Crippen LogP contribution in [0.25, 0.3) is 0 Å². The van der Waals surface area contributed by atoms with Crippen molar-refractivity contribution in [3.8, 4) is 0 Å². The van der Waals surface area contributed by atoms with Crippen LogP contribution in [0, 0.1) is 0 Å². The normalized spacial score (nSPS) is 19.8. The van der Waals surface area contributed by atoms with Crippen LogP contribution in [0.2, 0.25) is 0 Å². The molecule has 1 aromatic carbocycles. The van der Waals surface area contributed by atoms with E-state index in [9.17, 15) is 4.79 Å². The third-order valence-corrected chi connectivity index (χ3v) is 2.48. The van der Waals surface area contributed by atoms with Gasteiger partial charge in [0.25, 0.3) is 0 Å². The second kappa shape index (κ2) is 4.99. The first-order valence-corrected chi connectivity index (χ1v) is 5.43. The molecule has 1 aromatic rings. The molecular weight excluding hydrogens is 206 g/mol. The molecule has 4 nitrogen and oxygen atoms in total. The van der Waals surface area contributed by atoms with Crippen molar-refractivity contribution in [2.75, 3.05) is 19.8 Å². The quantitative estimate of drug-likeness (QED) is 0.768. The second-order valence-electron chi connectivity index (χ2n) is 3.53. The van der Waals surface area contributed by atoms with Crippen LogP contribution in [0.3, 0.4) is 0 Å². The number of ether oxygens (including phenoxy) is 2. The molecule has 1 heterocycles. The van der Waals surface area contributed by atoms with Gasteiger partial charge in [-0.25, -0.2) is 4.79 Å². The number of rotatable bonds is 2. The fourth-order valence-electron chi connectivity index (χ4n) is 1.76. The molecule has 1 atom stereocenters. The molecule has 1 aliphatic rings. The van der Waals surface area contributed by atoms with E-state index in [0.29, 0.717) is 19.8 Å². The minimum Gasteiger partial charge on any atom is -0.450 e. The molecule has 0 saturated carbocycles. The molecule has 0 radical (unpaired) electrons. The van der Waals surface area contributed by atoms with Gasteiger partial charge in [0.2, 0.25) is 0 Å². The van der Waals surface area contributed by atoms with Gasteiger partial charge in [0.15, 0.2) is 6.23 Å². The van der Waals surface area contributed by atoms with Crippen molar-refractivity contribution in [2.45, 2.75) is 13.2 Å². The number of carbonyl (C=O) groups excluding carboxylic acids is 1. The van der Waals surface area contributed by atoms with E-state index in [1.807, 2.05) is 30.3 Å². The van der Waals surface area contributed by atoms with E-state index in [2.05, 4.69) is 0 Å². The van der Waals surface area contributed by atoms with E-state index in [1.54, 1.807) is 11.8 Å². The largest absolute Gasteiger partial charge is 0.450 e. The van der Waals surface area contributed by atoms with Crippen LogP contribution < -0.4 is 0 Å². The summed E-state index contributed by atoms with van der Waals surface area (Å²) in [7, 11) is 0. The Hall–Kier alpha value is -1.55. The number of benzene rings is 1. The predicted octanol–water partition coefficient (Wildman–Crippen LogP) is 2.17. The average Bonchev–Trinajstić information content (AvgIpc) is 2.79. The molecule has 1 aliphatic heterocycles. The van der Waals surface area contributed by atoms with Crippen molar-refractivity contribution < 1.29 is 14.3 Å². The SMILES string of the molecule is CCOC(=O)N1CCOC1c1ccccc1. The number of hydrogen-bond acceptors (Lipinski definition) is 3. The lowest BCUT2D eigenvalue weighted by Crippen LogP contribution is -2.31. The van der Waals surface area contributed by atoms with Gasteiger partial charge in [-0.05, 0) is 6.92 Å². The zero-order valence-corrected chi connectivity index (χ0v) is 9.26. The Labute approximate surface area is 94.8 Å². The van der Waals surface area contributed by atoms with E-state index < -0.39 is 0 Å². The summed E-state index contributed by atoms with van der Waals surface area (Å²) in [5.41, 5.74) is 0.980. The summed E-state index contributed by atoms with van der Waals surface area (Å²) >= 11 is 0. The van der Waals surface area contributed by atoms with Crippen LogP contribution in [-0.2, 0) is 9.47 Å². The highest BCUT2D eigenvalue weighted by Gasteiger charge is 2.31. The van der Waals surface area contributed by atoms with Crippen molar-refractivity contribution >= 4 is 6.09 Å². The van der Waals surface area contributed by atoms with Crippen LogP contribution in [0.4, 0.5) is 4.79 Å². The highest BCUT2D eigenvalue weighted by atomic mass is 16.6. The predicted molar refractivity (Wildman–Crippen MR) is 58.9 cm³/mol. The molecular formula is C12H15NO3. The minimum atomic E-state index is -0.311. The monoisotopic (exact) mass is 221 g/mol. The number of hydrogen-bond donors (Lipinski definition) is 0. The number of amides is 1. The van der Waals surface area contributed by atoms with Gasteiger partial charge in [-0.2, -0.15) is 0 Å². The fraction of sp³-hybridized carbons (Fsp3) is 0.417. The Balaban J connectivity index is 2.12. The van der Waals surface area contributed by atoms with E-state index >= 15 is 0 Å². The van der Waals surface area contributed by atoms with Crippen LogP contribution in [0.5, 0.6) is 0 Å². The summed E-state index contributed by atoms with van der Waals surface area (Å²) in [5, 5.41) is 0. The Kier molecular flexibility index (Phi) is 3.41. The Morgan fingerprint density at radius 1 is 1.50 bits per heavy atom. The number of nitrogens with zero attached hydrogens (tertiary/aromatic N) is 1. The molecule has 16 heavy (non-hydrogen) atoms. The van der Waals surface area contributed by atoms with E-state index in [-0.39, 0.29) is 12.3 Å². The van der Waals surface area contributed by atoms with Gasteiger partial charge in [0, 0.05) is 5.56 Å². The summed E-state index contributed by atoms with van der Waals surface area (Å²) in [6.07, 6.45) is -0.617. The Morgan fingerprint density at radius 2 is 2.25 bits per heavy atom. The molecule has 1 saturated heterocycles. The standard InChI is InChI=1S/C12H15NO3/c1-2-15-12(14)13-8-9-16-11(13)10-6-4-3-5-7-10/h3-7,11H,2,8-9H2,1H3. The zero-order valence-electron chi connectivity index (χ0n) is 9.26. The lowest BCUT2D eigenvalue weighted by molar-refractivity contribution is 0.0248. The van der Waals surface area contributed by atoms with Gasteiger partial charge in [-0.1, -0.05) is 30.3 Å². The molecule has 0 N–H and O–H groups in total. The van der Waals surface area contributed by atoms with Crippen LogP contribution in [-0.4, -0.2) is 30.8 Å². The third-order valence-electron chi connectivity index (χ3n) is 2.48. The van der Waals surface area contributed by atoms with Crippen molar-refractivity contribution in [1.29, 1.82) is 0 Å². The van der Waals surface area contributed by atoms with Crippen molar-refractivity contribution in [1.82, 2.24) is 4.90 Å². The fourth-order valence-corrected chi connectivity index (χ4v) is 1.76. The molecule has 1 amide bonds. The molecule has 1 unspecified atom stereocenters. The first kappa shape index (κ1) is 11.0. The van der Waals surface area contributed by atoms with E-state index in [0.717, 1.165) is 5.56 Å². The lowest BCUT2D eigenvalue weighted by atomic mass is 10.2. The topological polar surface area (TPSA) is 38.8 Å². The highest BCUT2D eigenvalue weighted by Crippen LogP contribution is 2.26. The average molecular weight is 221 g/mol. The first-order valence-electron chi connectivity index (χ1n) is 5.43. The van der Waals surface area contributed by atoms with Crippen molar-refractivity contribution in [3.63, 3.8) is 0 Å². The Morgan fingerprint density at radius 3 is 2.94 bits per heavy atom. The van der Waals surface area contributed by atoms with Crippen molar-refractivity contribution in [2.24, 2.45) is 0 Å². The summed E-state index contributed by atoms with van der Waals surface area (Å²) in [6, 6.07) is 9.69. The Bertz CT molecular complexity index is 353. The molecule has 0 bridgehead atoms. The second-order valence-corrected chi connectivity index (χ2v) is 3.53. The van der Waals surface area contributed by atoms with Gasteiger partial charge < -0.3 is 9.47 Å². The smallest absolute Gasteiger partial charge is 0.412 e. The molecule has 2 rings (SSSR count). The van der Waals surface area contributed by atoms with Crippen LogP contribution in [0.15, 0.2) is 30.3 Å². The van der Waals surface area contributed by atoms with Crippen LogP contribution >= 0.6 is 0 Å². The molecule has 0 aromatic heterocycles. The third kappa shape index (κ3) is 2.17. The highest BCUT2D eigenvalue weighted by molar-refractivity contribution is 5.68. The summed E-state index contributed by atoms with van der Waals surface area (Å²) in [5.74, 6) is 0. The van der Waals surface area contributed by atoms with Crippen LogP contribution in [0.1, 0.15) is 18.7 Å². The maximum absolute atomic E-state index is 11.7. The number of carbonyl (C=O) groups is 1. The minimum absolute atomic E-state index is 0.305. The van der Waals surface area contributed by atoms with Gasteiger partial charge in [0.05, 0.1) is 19.8 Å². The summed E-state index contributed by atoms with van der Waals surface area (Å²) in [4.78, 5) is 13.3. The summed E-state index contributed by atoms with van der Waals surface area (Å²) in [6.45, 7) is 3.32. The van der Waals surface area contributed by atoms with Crippen molar-refractivity contribution in [3.05, 3.63) is 35.9 Å². The molecule has 0 spiro atoms. The van der Waals surface area contributed by atoms with Gasteiger partial charge in [-0.15, -0.1) is 0 Å². The van der Waals surface area contributed by atoms with E-state index in [4.69, 9.17) is 9.47 Å². The maximum Gasteiger partial charge on any atom is 0.412 e. The lowest BCUT2D eigenvalue weighted by Gasteiger charge is -2.22. The zero-order chi connectivity index (χ0) is 11.4. The molecule has 86 valence electrons. The van der Waals surface area contributed by atoms with E-state index in [1.165, 1.54) is 0 Å².